The number of pyridine rings is 1. The van der Waals surface area contributed by atoms with Gasteiger partial charge < -0.3 is 15.4 Å². The monoisotopic (exact) mass is 394 g/mol. The van der Waals surface area contributed by atoms with Crippen LogP contribution in [-0.4, -0.2) is 33.7 Å². The minimum absolute atomic E-state index is 0.121. The van der Waals surface area contributed by atoms with Crippen molar-refractivity contribution in [3.8, 4) is 5.75 Å². The molecule has 1 aromatic carbocycles. The molecule has 10 heteroatoms. The fourth-order valence-corrected chi connectivity index (χ4v) is 2.90. The van der Waals surface area contributed by atoms with E-state index in [2.05, 4.69) is 9.72 Å². The Balaban J connectivity index is 1.86. The molecule has 0 bridgehead atoms. The quantitative estimate of drug-likeness (QED) is 0.804. The maximum Gasteiger partial charge on any atom is 0.573 e. The van der Waals surface area contributed by atoms with Crippen LogP contribution in [0, 0.1) is 0 Å². The number of nitrogen functional groups attached to an aromatic ring is 1. The second-order valence-electron chi connectivity index (χ2n) is 6.70. The number of alkyl halides is 3. The molecule has 0 saturated carbocycles. The summed E-state index contributed by atoms with van der Waals surface area (Å²) in [6.45, 7) is 3.31. The minimum Gasteiger partial charge on any atom is -0.406 e. The molecular formula is C18H17F3N4O3. The largest absolute Gasteiger partial charge is 0.573 e. The maximum atomic E-state index is 12.9. The summed E-state index contributed by atoms with van der Waals surface area (Å²) in [5, 5.41) is 0. The molecule has 1 fully saturated rings. The number of benzene rings is 1. The molecule has 1 aromatic heterocycles. The Morgan fingerprint density at radius 1 is 1.14 bits per heavy atom. The van der Waals surface area contributed by atoms with Crippen molar-refractivity contribution in [3.05, 3.63) is 48.2 Å². The van der Waals surface area contributed by atoms with Gasteiger partial charge in [-0.15, -0.1) is 13.2 Å². The molecule has 7 nitrogen and oxygen atoms in total. The Hall–Kier alpha value is -3.30. The average molecular weight is 394 g/mol. The van der Waals surface area contributed by atoms with Gasteiger partial charge in [-0.2, -0.15) is 0 Å². The van der Waals surface area contributed by atoms with Crippen LogP contribution in [0.3, 0.4) is 0 Å². The van der Waals surface area contributed by atoms with Crippen molar-refractivity contribution in [1.29, 1.82) is 0 Å². The zero-order valence-electron chi connectivity index (χ0n) is 15.0. The van der Waals surface area contributed by atoms with Crippen molar-refractivity contribution in [1.82, 2.24) is 9.88 Å². The lowest BCUT2D eigenvalue weighted by atomic mass is 10.0. The van der Waals surface area contributed by atoms with E-state index in [1.165, 1.54) is 23.2 Å². The van der Waals surface area contributed by atoms with Gasteiger partial charge in [0.15, 0.2) is 0 Å². The van der Waals surface area contributed by atoms with E-state index in [1.54, 1.807) is 26.0 Å². The number of anilines is 2. The molecule has 2 N–H and O–H groups in total. The second kappa shape index (κ2) is 6.70. The number of nitrogens with two attached hydrogens (primary N) is 1. The van der Waals surface area contributed by atoms with E-state index in [0.29, 0.717) is 5.56 Å². The van der Waals surface area contributed by atoms with E-state index in [0.717, 1.165) is 17.0 Å². The molecule has 0 spiro atoms. The van der Waals surface area contributed by atoms with Gasteiger partial charge in [0.2, 0.25) is 0 Å². The van der Waals surface area contributed by atoms with E-state index in [4.69, 9.17) is 5.73 Å². The Labute approximate surface area is 158 Å². The van der Waals surface area contributed by atoms with E-state index in [-0.39, 0.29) is 18.1 Å². The summed E-state index contributed by atoms with van der Waals surface area (Å²) >= 11 is 0. The molecule has 2 aromatic rings. The van der Waals surface area contributed by atoms with E-state index in [9.17, 15) is 22.8 Å². The van der Waals surface area contributed by atoms with Crippen LogP contribution in [0.5, 0.6) is 5.75 Å². The topological polar surface area (TPSA) is 88.8 Å². The van der Waals surface area contributed by atoms with Gasteiger partial charge in [0.25, 0.3) is 5.91 Å². The SMILES string of the molecule is CC1(C)C(=O)N(c2ccc(OC(F)(F)F)cc2)C(=O)N1Cc1ccnc(N)c1. The van der Waals surface area contributed by atoms with Crippen LogP contribution in [0.2, 0.25) is 0 Å². The summed E-state index contributed by atoms with van der Waals surface area (Å²) in [5.41, 5.74) is 5.34. The number of rotatable bonds is 4. The Morgan fingerprint density at radius 2 is 1.79 bits per heavy atom. The molecule has 0 atom stereocenters. The number of amides is 3. The lowest BCUT2D eigenvalue weighted by Crippen LogP contribution is -2.43. The van der Waals surface area contributed by atoms with Gasteiger partial charge in [-0.05, 0) is 55.8 Å². The normalized spacial score (nSPS) is 16.6. The number of ether oxygens (including phenoxy) is 1. The van der Waals surface area contributed by atoms with Gasteiger partial charge >= 0.3 is 12.4 Å². The third-order valence-corrected chi connectivity index (χ3v) is 4.34. The number of aromatic nitrogens is 1. The predicted molar refractivity (Wildman–Crippen MR) is 94.3 cm³/mol. The molecule has 1 aliphatic heterocycles. The summed E-state index contributed by atoms with van der Waals surface area (Å²) in [4.78, 5) is 31.9. The van der Waals surface area contributed by atoms with Crippen molar-refractivity contribution in [2.75, 3.05) is 10.6 Å². The molecular weight excluding hydrogens is 377 g/mol. The summed E-state index contributed by atoms with van der Waals surface area (Å²) < 4.78 is 40.7. The van der Waals surface area contributed by atoms with Gasteiger partial charge in [-0.25, -0.2) is 14.7 Å². The first-order chi connectivity index (χ1) is 13.0. The first kappa shape index (κ1) is 19.5. The number of hydrogen-bond acceptors (Lipinski definition) is 5. The molecule has 148 valence electrons. The number of hydrogen-bond donors (Lipinski definition) is 1. The number of carbonyl (C=O) groups is 2. The second-order valence-corrected chi connectivity index (χ2v) is 6.70. The molecule has 2 heterocycles. The summed E-state index contributed by atoms with van der Waals surface area (Å²) in [7, 11) is 0. The Kier molecular flexibility index (Phi) is 4.66. The lowest BCUT2D eigenvalue weighted by Gasteiger charge is -2.27. The van der Waals surface area contributed by atoms with Crippen molar-refractivity contribution in [2.45, 2.75) is 32.3 Å². The third kappa shape index (κ3) is 3.71. The maximum absolute atomic E-state index is 12.9. The number of halogens is 3. The highest BCUT2D eigenvalue weighted by atomic mass is 19.4. The highest BCUT2D eigenvalue weighted by Gasteiger charge is 2.51. The van der Waals surface area contributed by atoms with Gasteiger partial charge in [0, 0.05) is 12.7 Å². The number of imide groups is 1. The molecule has 3 rings (SSSR count). The molecule has 0 radical (unpaired) electrons. The fourth-order valence-electron chi connectivity index (χ4n) is 2.90. The van der Waals surface area contributed by atoms with Crippen molar-refractivity contribution < 1.29 is 27.5 Å². The van der Waals surface area contributed by atoms with Gasteiger partial charge in [0.05, 0.1) is 5.69 Å². The molecule has 1 saturated heterocycles. The van der Waals surface area contributed by atoms with E-state index >= 15 is 0 Å². The van der Waals surface area contributed by atoms with E-state index < -0.39 is 29.6 Å². The van der Waals surface area contributed by atoms with Gasteiger partial charge in [-0.1, -0.05) is 0 Å². The average Bonchev–Trinajstić information content (AvgIpc) is 2.75. The molecule has 0 unspecified atom stereocenters. The molecule has 3 amide bonds. The fraction of sp³-hybridized carbons (Fsp3) is 0.278. The smallest absolute Gasteiger partial charge is 0.406 e. The van der Waals surface area contributed by atoms with Crippen LogP contribution in [0.1, 0.15) is 19.4 Å². The van der Waals surface area contributed by atoms with Crippen LogP contribution >= 0.6 is 0 Å². The third-order valence-electron chi connectivity index (χ3n) is 4.34. The van der Waals surface area contributed by atoms with Crippen LogP contribution < -0.4 is 15.4 Å². The van der Waals surface area contributed by atoms with Crippen molar-refractivity contribution >= 4 is 23.4 Å². The van der Waals surface area contributed by atoms with Crippen LogP contribution in [0.25, 0.3) is 0 Å². The van der Waals surface area contributed by atoms with Crippen LogP contribution in [0.4, 0.5) is 29.5 Å². The summed E-state index contributed by atoms with van der Waals surface area (Å²) in [6.07, 6.45) is -3.33. The zero-order chi connectivity index (χ0) is 20.7. The molecule has 1 aliphatic rings. The zero-order valence-corrected chi connectivity index (χ0v) is 15.0. The Bertz CT molecular complexity index is 913. The van der Waals surface area contributed by atoms with Gasteiger partial charge in [-0.3, -0.25) is 4.79 Å². The summed E-state index contributed by atoms with van der Waals surface area (Å²) in [6, 6.07) is 7.22. The van der Waals surface area contributed by atoms with Crippen molar-refractivity contribution in [3.63, 3.8) is 0 Å². The van der Waals surface area contributed by atoms with Crippen molar-refractivity contribution in [2.24, 2.45) is 0 Å². The highest BCUT2D eigenvalue weighted by molar-refractivity contribution is 6.22. The number of urea groups is 1. The number of nitrogens with zero attached hydrogens (tertiary/aromatic N) is 3. The van der Waals surface area contributed by atoms with Crippen LogP contribution in [-0.2, 0) is 11.3 Å². The molecule has 28 heavy (non-hydrogen) atoms. The van der Waals surface area contributed by atoms with Crippen LogP contribution in [0.15, 0.2) is 42.6 Å². The highest BCUT2D eigenvalue weighted by Crippen LogP contribution is 2.34. The number of carbonyl (C=O) groups excluding carboxylic acids is 2. The molecule has 0 aliphatic carbocycles. The lowest BCUT2D eigenvalue weighted by molar-refractivity contribution is -0.274. The standard InChI is InChI=1S/C18H17F3N4O3/c1-17(2)15(26)25(12-3-5-13(6-4-12)28-18(19,20)21)16(27)24(17)10-11-7-8-23-14(22)9-11/h3-9H,10H2,1-2H3,(H2,22,23). The van der Waals surface area contributed by atoms with E-state index in [1.807, 2.05) is 0 Å². The minimum atomic E-state index is -4.83. The first-order valence-corrected chi connectivity index (χ1v) is 8.21. The first-order valence-electron chi connectivity index (χ1n) is 8.21. The predicted octanol–water partition coefficient (Wildman–Crippen LogP) is 3.31. The Morgan fingerprint density at radius 3 is 2.36 bits per heavy atom. The summed E-state index contributed by atoms with van der Waals surface area (Å²) in [5.74, 6) is -0.659. The van der Waals surface area contributed by atoms with Gasteiger partial charge in [0.1, 0.15) is 17.1 Å².